The molecule has 2 aromatic rings. The second kappa shape index (κ2) is 13.3. The van der Waals surface area contributed by atoms with Crippen LogP contribution in [0.25, 0.3) is 0 Å². The van der Waals surface area contributed by atoms with Gasteiger partial charge in [0.15, 0.2) is 0 Å². The Bertz CT molecular complexity index is 885. The second-order valence-corrected chi connectivity index (χ2v) is 10.0. The summed E-state index contributed by atoms with van der Waals surface area (Å²) in [5.74, 6) is -1.89. The number of nitrogens with zero attached hydrogens (tertiary/aromatic N) is 1. The number of nitrogens with two attached hydrogens (primary N) is 1. The van der Waals surface area contributed by atoms with E-state index >= 15 is 0 Å². The number of halogens is 3. The van der Waals surface area contributed by atoms with Gasteiger partial charge in [-0.15, -0.1) is 0 Å². The Morgan fingerprint density at radius 1 is 1.00 bits per heavy atom. The Labute approximate surface area is 210 Å². The van der Waals surface area contributed by atoms with Crippen molar-refractivity contribution in [1.29, 1.82) is 0 Å². The largest absolute Gasteiger partial charge is 0.493 e. The lowest BCUT2D eigenvalue weighted by atomic mass is 9.90. The summed E-state index contributed by atoms with van der Waals surface area (Å²) in [6, 6.07) is 13.3. The highest BCUT2D eigenvalue weighted by Gasteiger charge is 2.36. The SMILES string of the molecule is NSc1ccc(OCC2CCCCC2)cc1.O=C(CC(F)(F)c1ccc(Cl)cc1)N1CCCC1. The lowest BCUT2D eigenvalue weighted by Gasteiger charge is -2.21. The standard InChI is InChI=1S/C13H14ClF2NO.C13H19NOS/c14-11-5-3-10(4-6-11)13(15,16)9-12(18)17-7-1-2-8-17;14-16-13-8-6-12(7-9-13)15-10-11-4-2-1-3-5-11/h3-6H,1-2,7-9H2;6-9,11H,1-5,10,14H2. The first kappa shape index (κ1) is 26.8. The fourth-order valence-electron chi connectivity index (χ4n) is 4.25. The van der Waals surface area contributed by atoms with Gasteiger partial charge in [-0.05, 0) is 79.9 Å². The van der Waals surface area contributed by atoms with Crippen molar-refractivity contribution in [3.63, 3.8) is 0 Å². The van der Waals surface area contributed by atoms with Crippen LogP contribution < -0.4 is 9.88 Å². The lowest BCUT2D eigenvalue weighted by Crippen LogP contribution is -2.32. The first-order valence-corrected chi connectivity index (χ1v) is 13.1. The van der Waals surface area contributed by atoms with Crippen LogP contribution in [0.4, 0.5) is 8.78 Å². The fourth-order valence-corrected chi connectivity index (χ4v) is 4.67. The summed E-state index contributed by atoms with van der Waals surface area (Å²) >= 11 is 6.92. The van der Waals surface area contributed by atoms with Gasteiger partial charge in [-0.25, -0.2) is 8.78 Å². The van der Waals surface area contributed by atoms with E-state index in [4.69, 9.17) is 21.5 Å². The van der Waals surface area contributed by atoms with E-state index in [9.17, 15) is 13.6 Å². The molecule has 8 heteroatoms. The number of ether oxygens (including phenoxy) is 1. The maximum Gasteiger partial charge on any atom is 0.281 e. The molecule has 4 rings (SSSR count). The monoisotopic (exact) mass is 510 g/mol. The number of carbonyl (C=O) groups excluding carboxylic acids is 1. The van der Waals surface area contributed by atoms with E-state index in [1.165, 1.54) is 73.2 Å². The molecule has 0 radical (unpaired) electrons. The molecule has 1 aliphatic carbocycles. The molecule has 0 spiro atoms. The number of carbonyl (C=O) groups is 1. The number of hydrogen-bond acceptors (Lipinski definition) is 4. The predicted molar refractivity (Wildman–Crippen MR) is 134 cm³/mol. The molecule has 2 N–H and O–H groups in total. The topological polar surface area (TPSA) is 55.6 Å². The van der Waals surface area contributed by atoms with Crippen molar-refractivity contribution in [3.8, 4) is 5.75 Å². The maximum absolute atomic E-state index is 13.9. The van der Waals surface area contributed by atoms with Crippen molar-refractivity contribution >= 4 is 29.5 Å². The van der Waals surface area contributed by atoms with E-state index in [1.807, 2.05) is 24.3 Å². The average Bonchev–Trinajstić information content (AvgIpc) is 3.40. The zero-order chi connectivity index (χ0) is 24.4. The van der Waals surface area contributed by atoms with Crippen LogP contribution in [-0.2, 0) is 10.7 Å². The molecular weight excluding hydrogens is 478 g/mol. The van der Waals surface area contributed by atoms with Crippen LogP contribution in [0.3, 0.4) is 0 Å². The number of alkyl halides is 2. The minimum atomic E-state index is -3.13. The Balaban J connectivity index is 0.000000192. The summed E-state index contributed by atoms with van der Waals surface area (Å²) in [5.41, 5.74) is -0.167. The summed E-state index contributed by atoms with van der Waals surface area (Å²) in [5, 5.41) is 5.87. The van der Waals surface area contributed by atoms with Crippen molar-refractivity contribution in [2.75, 3.05) is 19.7 Å². The van der Waals surface area contributed by atoms with Gasteiger partial charge in [0, 0.05) is 28.6 Å². The zero-order valence-corrected chi connectivity index (χ0v) is 20.9. The van der Waals surface area contributed by atoms with Crippen molar-refractivity contribution in [1.82, 2.24) is 4.90 Å². The van der Waals surface area contributed by atoms with Crippen LogP contribution in [-0.4, -0.2) is 30.5 Å². The second-order valence-electron chi connectivity index (χ2n) is 8.88. The molecule has 1 heterocycles. The number of amides is 1. The molecule has 1 amide bonds. The van der Waals surface area contributed by atoms with E-state index in [0.29, 0.717) is 18.1 Å². The molecule has 1 aliphatic heterocycles. The Morgan fingerprint density at radius 2 is 1.62 bits per heavy atom. The summed E-state index contributed by atoms with van der Waals surface area (Å²) in [7, 11) is 0. The molecule has 2 aromatic carbocycles. The van der Waals surface area contributed by atoms with Crippen molar-refractivity contribution < 1.29 is 18.3 Å². The highest BCUT2D eigenvalue weighted by atomic mass is 35.5. The zero-order valence-electron chi connectivity index (χ0n) is 19.4. The van der Waals surface area contributed by atoms with E-state index in [1.54, 1.807) is 0 Å². The summed E-state index contributed by atoms with van der Waals surface area (Å²) < 4.78 is 33.6. The highest BCUT2D eigenvalue weighted by Crippen LogP contribution is 2.33. The van der Waals surface area contributed by atoms with E-state index in [2.05, 4.69) is 0 Å². The van der Waals surface area contributed by atoms with E-state index < -0.39 is 18.3 Å². The van der Waals surface area contributed by atoms with Gasteiger partial charge >= 0.3 is 0 Å². The van der Waals surface area contributed by atoms with E-state index in [0.717, 1.165) is 36.0 Å². The van der Waals surface area contributed by atoms with Gasteiger partial charge in [-0.3, -0.25) is 9.93 Å². The third-order valence-electron chi connectivity index (χ3n) is 6.27. The molecule has 0 aromatic heterocycles. The van der Waals surface area contributed by atoms with Gasteiger partial charge in [0.2, 0.25) is 5.91 Å². The van der Waals surface area contributed by atoms with E-state index in [-0.39, 0.29) is 5.56 Å². The van der Waals surface area contributed by atoms with Crippen LogP contribution in [0.15, 0.2) is 53.4 Å². The first-order chi connectivity index (χ1) is 16.4. The minimum absolute atomic E-state index is 0.167. The smallest absolute Gasteiger partial charge is 0.281 e. The molecule has 2 fully saturated rings. The molecule has 0 bridgehead atoms. The molecule has 186 valence electrons. The van der Waals surface area contributed by atoms with Crippen molar-refractivity contribution in [2.45, 2.75) is 62.2 Å². The molecule has 1 saturated carbocycles. The van der Waals surface area contributed by atoms with Gasteiger partial charge in [0.1, 0.15) is 5.75 Å². The lowest BCUT2D eigenvalue weighted by molar-refractivity contribution is -0.138. The first-order valence-electron chi connectivity index (χ1n) is 11.9. The minimum Gasteiger partial charge on any atom is -0.493 e. The Morgan fingerprint density at radius 3 is 2.21 bits per heavy atom. The van der Waals surface area contributed by atoms with Gasteiger partial charge < -0.3 is 9.64 Å². The molecule has 4 nitrogen and oxygen atoms in total. The predicted octanol–water partition coefficient (Wildman–Crippen LogP) is 7.06. The quantitative estimate of drug-likeness (QED) is 0.405. The normalized spacial score (nSPS) is 16.6. The Hall–Kier alpha value is -1.83. The van der Waals surface area contributed by atoms with Crippen molar-refractivity contribution in [3.05, 3.63) is 59.1 Å². The molecule has 0 unspecified atom stereocenters. The van der Waals surface area contributed by atoms with Gasteiger partial charge in [0.25, 0.3) is 5.92 Å². The summed E-state index contributed by atoms with van der Waals surface area (Å²) in [4.78, 5) is 14.3. The third-order valence-corrected chi connectivity index (χ3v) is 7.07. The van der Waals surface area contributed by atoms with Crippen LogP contribution in [0.5, 0.6) is 5.75 Å². The summed E-state index contributed by atoms with van der Waals surface area (Å²) in [6.45, 7) is 2.06. The third kappa shape index (κ3) is 8.43. The van der Waals surface area contributed by atoms with Gasteiger partial charge in [0.05, 0.1) is 13.0 Å². The number of rotatable bonds is 7. The van der Waals surface area contributed by atoms with Gasteiger partial charge in [-0.1, -0.05) is 43.0 Å². The summed E-state index contributed by atoms with van der Waals surface area (Å²) in [6.07, 6.45) is 7.84. The number of hydrogen-bond donors (Lipinski definition) is 1. The molecule has 2 aliphatic rings. The Kier molecular flexibility index (Phi) is 10.5. The number of benzene rings is 2. The van der Waals surface area contributed by atoms with Crippen LogP contribution >= 0.6 is 23.5 Å². The van der Waals surface area contributed by atoms with Crippen LogP contribution in [0.1, 0.15) is 56.9 Å². The fraction of sp³-hybridized carbons (Fsp3) is 0.500. The molecule has 1 saturated heterocycles. The van der Waals surface area contributed by atoms with Crippen LogP contribution in [0.2, 0.25) is 5.02 Å². The molecule has 0 atom stereocenters. The van der Waals surface area contributed by atoms with Gasteiger partial charge in [-0.2, -0.15) is 0 Å². The van der Waals surface area contributed by atoms with Crippen molar-refractivity contribution in [2.24, 2.45) is 11.1 Å². The number of likely N-dealkylation sites (tertiary alicyclic amines) is 1. The average molecular weight is 511 g/mol. The van der Waals surface area contributed by atoms with Crippen LogP contribution in [0, 0.1) is 5.92 Å². The highest BCUT2D eigenvalue weighted by molar-refractivity contribution is 7.97. The molecule has 34 heavy (non-hydrogen) atoms. The maximum atomic E-state index is 13.9. The molecular formula is C26H33ClF2N2O2S.